The zero-order valence-corrected chi connectivity index (χ0v) is 26.4. The van der Waals surface area contributed by atoms with Gasteiger partial charge in [-0.3, -0.25) is 4.89 Å². The van der Waals surface area contributed by atoms with Crippen LogP contribution in [0.5, 0.6) is 11.5 Å². The Morgan fingerprint density at radius 2 is 0.804 bits per heavy atom. The van der Waals surface area contributed by atoms with Gasteiger partial charge in [0.1, 0.15) is 11.5 Å². The summed E-state index contributed by atoms with van der Waals surface area (Å²) in [6.07, 6.45) is 0. The maximum absolute atomic E-state index is 14.0. The van der Waals surface area contributed by atoms with Gasteiger partial charge in [0.15, 0.2) is 0 Å². The molecular weight excluding hydrogens is 607 g/mol. The number of rotatable bonds is 2. The van der Waals surface area contributed by atoms with Crippen molar-refractivity contribution in [3.8, 4) is 44.9 Å². The third-order valence-electron chi connectivity index (χ3n) is 8.79. The molecular formula is C40H27O4PS. The van der Waals surface area contributed by atoms with Crippen LogP contribution in [0, 0.1) is 0 Å². The molecule has 0 atom stereocenters. The molecule has 0 fully saturated rings. The van der Waals surface area contributed by atoms with E-state index in [1.165, 1.54) is 0 Å². The van der Waals surface area contributed by atoms with Gasteiger partial charge in [0.2, 0.25) is 0 Å². The van der Waals surface area contributed by atoms with Gasteiger partial charge < -0.3 is 9.05 Å². The van der Waals surface area contributed by atoms with E-state index in [1.807, 2.05) is 84.9 Å². The van der Waals surface area contributed by atoms with E-state index in [1.54, 1.807) is 0 Å². The van der Waals surface area contributed by atoms with Crippen molar-refractivity contribution in [1.82, 2.24) is 0 Å². The molecule has 0 unspecified atom stereocenters. The van der Waals surface area contributed by atoms with Gasteiger partial charge in [-0.15, -0.1) is 0 Å². The lowest BCUT2D eigenvalue weighted by Crippen LogP contribution is -2.00. The third kappa shape index (κ3) is 4.55. The maximum Gasteiger partial charge on any atom is 0.584 e. The summed E-state index contributed by atoms with van der Waals surface area (Å²) in [6, 6.07) is 49.0. The Morgan fingerprint density at radius 3 is 1.24 bits per heavy atom. The van der Waals surface area contributed by atoms with Gasteiger partial charge in [0.25, 0.3) is 0 Å². The Kier molecular flexibility index (Phi) is 6.66. The normalized spacial score (nSPS) is 13.3. The quantitative estimate of drug-likeness (QED) is 0.192. The average molecular weight is 635 g/mol. The van der Waals surface area contributed by atoms with Gasteiger partial charge in [-0.25, -0.2) is 4.57 Å². The highest BCUT2D eigenvalue weighted by Gasteiger charge is 2.37. The van der Waals surface area contributed by atoms with Crippen molar-refractivity contribution in [2.24, 2.45) is 0 Å². The molecule has 1 aliphatic heterocycles. The first kappa shape index (κ1) is 28.4. The summed E-state index contributed by atoms with van der Waals surface area (Å²) in [4.78, 5) is 11.4. The Bertz CT molecular complexity index is 2380. The molecule has 8 aromatic rings. The van der Waals surface area contributed by atoms with Gasteiger partial charge in [-0.05, 0) is 78.5 Å². The van der Waals surface area contributed by atoms with Crippen molar-refractivity contribution in [3.63, 3.8) is 0 Å². The first-order chi connectivity index (χ1) is 22.0. The van der Waals surface area contributed by atoms with Crippen LogP contribution in [-0.2, 0) is 4.57 Å². The fourth-order valence-electron chi connectivity index (χ4n) is 6.74. The summed E-state index contributed by atoms with van der Waals surface area (Å²) in [5.41, 5.74) is 4.68. The predicted octanol–water partition coefficient (Wildman–Crippen LogP) is 11.3. The average Bonchev–Trinajstić information content (AvgIpc) is 3.20. The first-order valence-electron chi connectivity index (χ1n) is 14.8. The number of phosphoric acid groups is 1. The lowest BCUT2D eigenvalue weighted by Gasteiger charge is -2.19. The van der Waals surface area contributed by atoms with Crippen LogP contribution in [0.15, 0.2) is 146 Å². The lowest BCUT2D eigenvalue weighted by molar-refractivity contribution is 0.295. The van der Waals surface area contributed by atoms with E-state index < -0.39 is 7.82 Å². The van der Waals surface area contributed by atoms with Crippen molar-refractivity contribution in [2.75, 3.05) is 0 Å². The van der Waals surface area contributed by atoms with Gasteiger partial charge in [-0.1, -0.05) is 121 Å². The molecule has 9 rings (SSSR count). The Morgan fingerprint density at radius 1 is 0.435 bits per heavy atom. The summed E-state index contributed by atoms with van der Waals surface area (Å²) in [5.74, 6) is 0.656. The molecule has 6 heteroatoms. The second kappa shape index (κ2) is 10.8. The predicted molar refractivity (Wildman–Crippen MR) is 194 cm³/mol. The molecule has 0 amide bonds. The van der Waals surface area contributed by atoms with Crippen LogP contribution >= 0.6 is 21.3 Å². The minimum Gasteiger partial charge on any atom is -0.394 e. The summed E-state index contributed by atoms with van der Waals surface area (Å²) < 4.78 is 26.2. The highest BCUT2D eigenvalue weighted by atomic mass is 32.1. The Hall–Kier alpha value is -5.06. The maximum atomic E-state index is 14.0. The third-order valence-corrected chi connectivity index (χ3v) is 9.61. The number of hydrogen-bond donors (Lipinski definition) is 1. The Labute approximate surface area is 272 Å². The highest BCUT2D eigenvalue weighted by Crippen LogP contribution is 2.61. The second-order valence-corrected chi connectivity index (χ2v) is 12.8. The van der Waals surface area contributed by atoms with Crippen LogP contribution in [-0.4, -0.2) is 4.89 Å². The van der Waals surface area contributed by atoms with Crippen molar-refractivity contribution in [3.05, 3.63) is 146 Å². The van der Waals surface area contributed by atoms with Crippen molar-refractivity contribution in [2.45, 2.75) is 0 Å². The summed E-state index contributed by atoms with van der Waals surface area (Å²) in [6.45, 7) is 0. The van der Waals surface area contributed by atoms with E-state index in [0.29, 0.717) is 11.5 Å². The van der Waals surface area contributed by atoms with E-state index in [0.717, 1.165) is 76.5 Å². The number of fused-ring (bicyclic) bond motifs is 9. The van der Waals surface area contributed by atoms with Crippen LogP contribution in [0.4, 0.5) is 0 Å². The van der Waals surface area contributed by atoms with E-state index >= 15 is 0 Å². The van der Waals surface area contributed by atoms with Crippen LogP contribution in [0.1, 0.15) is 0 Å². The summed E-state index contributed by atoms with van der Waals surface area (Å²) >= 11 is 0. The van der Waals surface area contributed by atoms with E-state index in [9.17, 15) is 9.46 Å². The molecule has 222 valence electrons. The van der Waals surface area contributed by atoms with Crippen LogP contribution in [0.2, 0.25) is 0 Å². The van der Waals surface area contributed by atoms with Crippen molar-refractivity contribution < 1.29 is 18.5 Å². The van der Waals surface area contributed by atoms with Crippen LogP contribution in [0.3, 0.4) is 0 Å². The molecule has 0 radical (unpaired) electrons. The van der Waals surface area contributed by atoms with Gasteiger partial charge in [-0.2, -0.15) is 13.5 Å². The fraction of sp³-hybridized carbons (Fsp3) is 0. The molecule has 4 nitrogen and oxygen atoms in total. The van der Waals surface area contributed by atoms with E-state index in [4.69, 9.17) is 9.05 Å². The van der Waals surface area contributed by atoms with Crippen molar-refractivity contribution >= 4 is 64.4 Å². The SMILES string of the molecule is O=P1(O)Oc2c(-c3ccc4ccccc4c3)cc3ccccc3c2-c2c(c(-c3ccc4ccccc4c3)cc3ccccc23)O1.S. The molecule has 0 aliphatic carbocycles. The first-order valence-corrected chi connectivity index (χ1v) is 16.3. The molecule has 0 spiro atoms. The molecule has 0 aromatic heterocycles. The van der Waals surface area contributed by atoms with E-state index in [-0.39, 0.29) is 13.5 Å². The van der Waals surface area contributed by atoms with Crippen LogP contribution in [0.25, 0.3) is 76.5 Å². The molecule has 1 heterocycles. The van der Waals surface area contributed by atoms with Crippen LogP contribution < -0.4 is 9.05 Å². The number of hydrogen-bond acceptors (Lipinski definition) is 3. The Balaban J connectivity index is 0.00000312. The molecule has 0 saturated carbocycles. The monoisotopic (exact) mass is 634 g/mol. The second-order valence-electron chi connectivity index (χ2n) is 11.5. The highest BCUT2D eigenvalue weighted by molar-refractivity contribution is 7.59. The van der Waals surface area contributed by atoms with Gasteiger partial charge in [0, 0.05) is 22.3 Å². The molecule has 1 N–H and O–H groups in total. The van der Waals surface area contributed by atoms with E-state index in [2.05, 4.69) is 60.7 Å². The zero-order chi connectivity index (χ0) is 30.1. The standard InChI is InChI=1S/C40H25O4P.H2S/c41-45(42)43-39-35(31-19-17-25-9-1-3-11-27(25)21-31)23-29-13-5-7-15-33(29)37(39)38-34-16-8-6-14-30(34)24-36(40(38)44-45)32-20-18-26-10-2-4-12-28(26)22-32;/h1-24H,(H,41,42);1H2. The van der Waals surface area contributed by atoms with Crippen molar-refractivity contribution in [1.29, 1.82) is 0 Å². The zero-order valence-electron chi connectivity index (χ0n) is 24.5. The minimum absolute atomic E-state index is 0. The van der Waals surface area contributed by atoms with Gasteiger partial charge in [0.05, 0.1) is 0 Å². The number of phosphoric ester groups is 1. The molecule has 8 aromatic carbocycles. The lowest BCUT2D eigenvalue weighted by atomic mass is 9.86. The minimum atomic E-state index is -4.64. The fourth-order valence-corrected chi connectivity index (χ4v) is 7.61. The smallest absolute Gasteiger partial charge is 0.394 e. The largest absolute Gasteiger partial charge is 0.584 e. The molecule has 46 heavy (non-hydrogen) atoms. The van der Waals surface area contributed by atoms with Gasteiger partial charge >= 0.3 is 7.82 Å². The molecule has 0 bridgehead atoms. The summed E-state index contributed by atoms with van der Waals surface area (Å²) in [5, 5.41) is 8.15. The topological polar surface area (TPSA) is 55.8 Å². The summed E-state index contributed by atoms with van der Waals surface area (Å²) in [7, 11) is -4.64. The molecule has 0 saturated heterocycles. The number of benzene rings is 8. The molecule has 1 aliphatic rings.